The van der Waals surface area contributed by atoms with Crippen molar-refractivity contribution >= 4 is 11.9 Å². The van der Waals surface area contributed by atoms with Crippen molar-refractivity contribution in [3.63, 3.8) is 0 Å². The summed E-state index contributed by atoms with van der Waals surface area (Å²) in [4.78, 5) is 15.6. The monoisotopic (exact) mass is 355 g/mol. The van der Waals surface area contributed by atoms with Gasteiger partial charge in [-0.3, -0.25) is 9.79 Å². The number of ether oxygens (including phenoxy) is 2. The number of unbranched alkanes of at least 4 members (excludes halogenated alkanes) is 2. The van der Waals surface area contributed by atoms with Gasteiger partial charge in [0.1, 0.15) is 0 Å². The first-order valence-electron chi connectivity index (χ1n) is 9.96. The van der Waals surface area contributed by atoms with E-state index in [1.54, 1.807) is 0 Å². The van der Waals surface area contributed by atoms with Gasteiger partial charge in [-0.1, -0.05) is 25.7 Å². The molecule has 1 aliphatic carbocycles. The Hall–Kier alpha value is -1.30. The Balaban J connectivity index is 2.06. The topological polar surface area (TPSA) is 72.0 Å². The number of esters is 1. The van der Waals surface area contributed by atoms with E-state index in [0.29, 0.717) is 12.5 Å². The van der Waals surface area contributed by atoms with E-state index < -0.39 is 0 Å². The number of guanidine groups is 1. The maximum absolute atomic E-state index is 11.0. The summed E-state index contributed by atoms with van der Waals surface area (Å²) in [5.74, 6) is 0.742. The molecular weight excluding hydrogens is 318 g/mol. The van der Waals surface area contributed by atoms with Gasteiger partial charge >= 0.3 is 5.97 Å². The molecule has 1 rings (SSSR count). The lowest BCUT2D eigenvalue weighted by molar-refractivity contribution is -0.140. The summed E-state index contributed by atoms with van der Waals surface area (Å²) in [5.41, 5.74) is 0. The zero-order chi connectivity index (χ0) is 18.2. The van der Waals surface area contributed by atoms with Crippen molar-refractivity contribution < 1.29 is 14.3 Å². The van der Waals surface area contributed by atoms with Crippen LogP contribution in [0.25, 0.3) is 0 Å². The Bertz CT molecular complexity index is 369. The van der Waals surface area contributed by atoms with Crippen LogP contribution in [0.3, 0.4) is 0 Å². The molecule has 1 fully saturated rings. The summed E-state index contributed by atoms with van der Waals surface area (Å²) in [7, 11) is 1.43. The summed E-state index contributed by atoms with van der Waals surface area (Å²) in [6, 6.07) is 0. The van der Waals surface area contributed by atoms with E-state index in [1.165, 1.54) is 39.2 Å². The number of rotatable bonds is 12. The van der Waals surface area contributed by atoms with Crippen molar-refractivity contribution in [1.29, 1.82) is 0 Å². The third-order valence-corrected chi connectivity index (χ3v) is 4.40. The number of hydrogen-bond acceptors (Lipinski definition) is 4. The summed E-state index contributed by atoms with van der Waals surface area (Å²) in [6.07, 6.45) is 11.3. The largest absolute Gasteiger partial charge is 0.469 e. The molecule has 0 aromatic carbocycles. The molecule has 0 aromatic heterocycles. The molecule has 25 heavy (non-hydrogen) atoms. The molecule has 0 aliphatic heterocycles. The molecule has 146 valence electrons. The van der Waals surface area contributed by atoms with E-state index in [4.69, 9.17) is 4.74 Å². The van der Waals surface area contributed by atoms with Crippen LogP contribution in [-0.4, -0.2) is 51.4 Å². The lowest BCUT2D eigenvalue weighted by atomic mass is 9.98. The van der Waals surface area contributed by atoms with Gasteiger partial charge in [0, 0.05) is 32.7 Å². The standard InChI is InChI=1S/C19H37N3O3/c1-3-20-19(21-14-9-5-8-13-18(23)24-2)22-15-10-16-25-17-11-6-4-7-12-17/h17H,3-16H2,1-2H3,(H2,20,21,22). The van der Waals surface area contributed by atoms with Gasteiger partial charge in [-0.05, 0) is 39.0 Å². The molecule has 1 saturated carbocycles. The van der Waals surface area contributed by atoms with Gasteiger partial charge in [0.2, 0.25) is 0 Å². The Morgan fingerprint density at radius 3 is 2.60 bits per heavy atom. The van der Waals surface area contributed by atoms with Gasteiger partial charge in [0.25, 0.3) is 0 Å². The molecule has 2 N–H and O–H groups in total. The molecule has 0 heterocycles. The number of nitrogens with zero attached hydrogens (tertiary/aromatic N) is 1. The number of hydrogen-bond donors (Lipinski definition) is 2. The normalized spacial score (nSPS) is 15.8. The van der Waals surface area contributed by atoms with Crippen LogP contribution in [0.1, 0.15) is 71.1 Å². The smallest absolute Gasteiger partial charge is 0.305 e. The number of nitrogens with one attached hydrogen (secondary N) is 2. The van der Waals surface area contributed by atoms with Crippen LogP contribution in [0.2, 0.25) is 0 Å². The fourth-order valence-electron chi connectivity index (χ4n) is 2.96. The molecule has 0 saturated heterocycles. The Morgan fingerprint density at radius 2 is 1.88 bits per heavy atom. The average molecular weight is 356 g/mol. The summed E-state index contributed by atoms with van der Waals surface area (Å²) in [6.45, 7) is 5.38. The van der Waals surface area contributed by atoms with Crippen LogP contribution < -0.4 is 10.6 Å². The molecule has 0 radical (unpaired) electrons. The molecule has 6 heteroatoms. The van der Waals surface area contributed by atoms with E-state index in [0.717, 1.165) is 57.9 Å². The minimum Gasteiger partial charge on any atom is -0.469 e. The van der Waals surface area contributed by atoms with Gasteiger partial charge < -0.3 is 20.1 Å². The quantitative estimate of drug-likeness (QED) is 0.244. The van der Waals surface area contributed by atoms with Crippen molar-refractivity contribution in [1.82, 2.24) is 10.6 Å². The zero-order valence-electron chi connectivity index (χ0n) is 16.1. The molecule has 0 unspecified atom stereocenters. The summed E-state index contributed by atoms with van der Waals surface area (Å²) >= 11 is 0. The molecule has 0 bridgehead atoms. The Morgan fingerprint density at radius 1 is 1.08 bits per heavy atom. The summed E-state index contributed by atoms with van der Waals surface area (Å²) in [5, 5.41) is 6.61. The fraction of sp³-hybridized carbons (Fsp3) is 0.895. The third-order valence-electron chi connectivity index (χ3n) is 4.40. The molecule has 1 aliphatic rings. The van der Waals surface area contributed by atoms with Crippen LogP contribution in [0.4, 0.5) is 0 Å². The third kappa shape index (κ3) is 11.8. The maximum Gasteiger partial charge on any atom is 0.305 e. The average Bonchev–Trinajstić information content (AvgIpc) is 2.64. The first kappa shape index (κ1) is 21.7. The Kier molecular flexibility index (Phi) is 13.0. The number of carbonyl (C=O) groups excluding carboxylic acids is 1. The van der Waals surface area contributed by atoms with Crippen LogP contribution in [-0.2, 0) is 14.3 Å². The second kappa shape index (κ2) is 15.0. The first-order chi connectivity index (χ1) is 12.3. The second-order valence-electron chi connectivity index (χ2n) is 6.56. The second-order valence-corrected chi connectivity index (χ2v) is 6.56. The van der Waals surface area contributed by atoms with Crippen molar-refractivity contribution in [2.75, 3.05) is 33.4 Å². The molecule has 0 amide bonds. The fourth-order valence-corrected chi connectivity index (χ4v) is 2.96. The molecular formula is C19H37N3O3. The molecule has 0 atom stereocenters. The van der Waals surface area contributed by atoms with Gasteiger partial charge in [0.05, 0.1) is 13.2 Å². The minimum atomic E-state index is -0.127. The molecule has 0 aromatic rings. The lowest BCUT2D eigenvalue weighted by Crippen LogP contribution is -2.37. The Labute approximate surface area is 153 Å². The minimum absolute atomic E-state index is 0.127. The predicted molar refractivity (Wildman–Crippen MR) is 102 cm³/mol. The van der Waals surface area contributed by atoms with Gasteiger partial charge in [0.15, 0.2) is 5.96 Å². The number of carbonyl (C=O) groups is 1. The summed E-state index contributed by atoms with van der Waals surface area (Å²) < 4.78 is 10.6. The van der Waals surface area contributed by atoms with E-state index in [-0.39, 0.29) is 5.97 Å². The SMILES string of the molecule is CCNC(=NCCCOC1CCCCC1)NCCCCCC(=O)OC. The van der Waals surface area contributed by atoms with E-state index in [2.05, 4.69) is 27.3 Å². The van der Waals surface area contributed by atoms with Crippen molar-refractivity contribution in [2.45, 2.75) is 77.2 Å². The van der Waals surface area contributed by atoms with Gasteiger partial charge in [-0.2, -0.15) is 0 Å². The van der Waals surface area contributed by atoms with E-state index >= 15 is 0 Å². The van der Waals surface area contributed by atoms with Crippen molar-refractivity contribution in [2.24, 2.45) is 4.99 Å². The highest BCUT2D eigenvalue weighted by atomic mass is 16.5. The van der Waals surface area contributed by atoms with Crippen LogP contribution in [0.15, 0.2) is 4.99 Å². The molecule has 6 nitrogen and oxygen atoms in total. The number of aliphatic imine (C=N–C) groups is 1. The highest BCUT2D eigenvalue weighted by Crippen LogP contribution is 2.20. The van der Waals surface area contributed by atoms with Crippen LogP contribution in [0.5, 0.6) is 0 Å². The predicted octanol–water partition coefficient (Wildman–Crippen LogP) is 3.01. The maximum atomic E-state index is 11.0. The first-order valence-corrected chi connectivity index (χ1v) is 9.96. The van der Waals surface area contributed by atoms with E-state index in [1.807, 2.05) is 0 Å². The van der Waals surface area contributed by atoms with Gasteiger partial charge in [-0.15, -0.1) is 0 Å². The van der Waals surface area contributed by atoms with Gasteiger partial charge in [-0.25, -0.2) is 0 Å². The number of methoxy groups -OCH3 is 1. The van der Waals surface area contributed by atoms with Crippen LogP contribution in [0, 0.1) is 0 Å². The highest BCUT2D eigenvalue weighted by molar-refractivity contribution is 5.79. The van der Waals surface area contributed by atoms with Crippen molar-refractivity contribution in [3.8, 4) is 0 Å². The van der Waals surface area contributed by atoms with Crippen LogP contribution >= 0.6 is 0 Å². The van der Waals surface area contributed by atoms with E-state index in [9.17, 15) is 4.79 Å². The highest BCUT2D eigenvalue weighted by Gasteiger charge is 2.12. The zero-order valence-corrected chi connectivity index (χ0v) is 16.1. The lowest BCUT2D eigenvalue weighted by Gasteiger charge is -2.21. The van der Waals surface area contributed by atoms with Crippen molar-refractivity contribution in [3.05, 3.63) is 0 Å². The molecule has 0 spiro atoms.